The van der Waals surface area contributed by atoms with E-state index in [4.69, 9.17) is 5.73 Å². The number of hydrogen-bond acceptors (Lipinski definition) is 9. The van der Waals surface area contributed by atoms with Gasteiger partial charge in [-0.25, -0.2) is 0 Å². The summed E-state index contributed by atoms with van der Waals surface area (Å²) >= 11 is 0. The summed E-state index contributed by atoms with van der Waals surface area (Å²) < 4.78 is 0. The zero-order valence-corrected chi connectivity index (χ0v) is 23.6. The smallest absolute Gasteiger partial charge is 0.320 e. The Morgan fingerprint density at radius 3 is 1.48 bits per heavy atom. The van der Waals surface area contributed by atoms with Crippen molar-refractivity contribution in [1.82, 2.24) is 19.6 Å². The summed E-state index contributed by atoms with van der Waals surface area (Å²) in [5, 5.41) is 39.3. The van der Waals surface area contributed by atoms with Crippen LogP contribution in [-0.2, 0) is 25.6 Å². The standard InChI is InChI=1S/C27H43N5O8/c1-17(24(33)34)29-9-10-30(18(2)25(35)36)13-14-32(20(4)27(39)40)23(15-21-5-7-22(28)8-6-21)16-31(12-11-29)19(3)26(37)38/h5-8,17-20,23H,9-16,28H2,1-4H3,(H,33,34)(H,35,36)(H,37,38)(H,39,40)/t17-,18-,19-,20-,23-/m0/s1. The lowest BCUT2D eigenvalue weighted by Gasteiger charge is -2.42. The Labute approximate surface area is 234 Å². The van der Waals surface area contributed by atoms with E-state index >= 15 is 0 Å². The Balaban J connectivity index is 2.58. The van der Waals surface area contributed by atoms with Gasteiger partial charge in [-0.2, -0.15) is 0 Å². The fourth-order valence-electron chi connectivity index (χ4n) is 4.98. The summed E-state index contributed by atoms with van der Waals surface area (Å²) in [7, 11) is 0. The van der Waals surface area contributed by atoms with Gasteiger partial charge in [0.05, 0.1) is 0 Å². The van der Waals surface area contributed by atoms with Crippen molar-refractivity contribution in [2.24, 2.45) is 0 Å². The number of carboxylic acids is 4. The predicted octanol–water partition coefficient (Wildman–Crippen LogP) is 0.294. The second-order valence-electron chi connectivity index (χ2n) is 10.5. The van der Waals surface area contributed by atoms with Crippen LogP contribution in [0.3, 0.4) is 0 Å². The van der Waals surface area contributed by atoms with Crippen molar-refractivity contribution >= 4 is 29.6 Å². The van der Waals surface area contributed by atoms with Gasteiger partial charge in [-0.15, -0.1) is 0 Å². The molecule has 1 heterocycles. The Bertz CT molecular complexity index is 1020. The van der Waals surface area contributed by atoms with Crippen LogP contribution in [0.4, 0.5) is 5.69 Å². The van der Waals surface area contributed by atoms with Crippen molar-refractivity contribution in [3.63, 3.8) is 0 Å². The van der Waals surface area contributed by atoms with Crippen LogP contribution in [-0.4, -0.2) is 140 Å². The number of aliphatic carboxylic acids is 4. The first-order valence-electron chi connectivity index (χ1n) is 13.5. The highest BCUT2D eigenvalue weighted by Crippen LogP contribution is 2.19. The fourth-order valence-corrected chi connectivity index (χ4v) is 4.98. The van der Waals surface area contributed by atoms with Crippen LogP contribution >= 0.6 is 0 Å². The highest BCUT2D eigenvalue weighted by atomic mass is 16.4. The Morgan fingerprint density at radius 1 is 0.675 bits per heavy atom. The van der Waals surface area contributed by atoms with Gasteiger partial charge in [0, 0.05) is 57.5 Å². The van der Waals surface area contributed by atoms with Crippen molar-refractivity contribution in [2.45, 2.75) is 64.3 Å². The molecule has 0 saturated carbocycles. The lowest BCUT2D eigenvalue weighted by atomic mass is 10.0. The molecule has 0 unspecified atom stereocenters. The molecule has 2 rings (SSSR count). The number of hydrogen-bond donors (Lipinski definition) is 5. The van der Waals surface area contributed by atoms with Crippen molar-refractivity contribution < 1.29 is 39.6 Å². The molecule has 6 N–H and O–H groups in total. The van der Waals surface area contributed by atoms with Crippen LogP contribution in [0.1, 0.15) is 33.3 Å². The molecule has 1 aromatic carbocycles. The number of nitrogen functional groups attached to an aromatic ring is 1. The minimum absolute atomic E-state index is 0.194. The Kier molecular flexibility index (Phi) is 12.3. The first-order chi connectivity index (χ1) is 18.7. The maximum Gasteiger partial charge on any atom is 0.320 e. The van der Waals surface area contributed by atoms with Crippen molar-refractivity contribution in [1.29, 1.82) is 0 Å². The second-order valence-corrected chi connectivity index (χ2v) is 10.5. The molecule has 1 fully saturated rings. The molecular weight excluding hydrogens is 522 g/mol. The topological polar surface area (TPSA) is 188 Å². The van der Waals surface area contributed by atoms with E-state index in [-0.39, 0.29) is 45.8 Å². The first kappa shape index (κ1) is 32.9. The van der Waals surface area contributed by atoms with Gasteiger partial charge in [0.15, 0.2) is 0 Å². The molecule has 0 spiro atoms. The molecule has 0 bridgehead atoms. The summed E-state index contributed by atoms with van der Waals surface area (Å²) in [5.74, 6) is -4.17. The number of rotatable bonds is 10. The lowest BCUT2D eigenvalue weighted by Crippen LogP contribution is -2.58. The van der Waals surface area contributed by atoms with E-state index in [0.29, 0.717) is 12.1 Å². The molecule has 1 saturated heterocycles. The lowest BCUT2D eigenvalue weighted by molar-refractivity contribution is -0.148. The zero-order valence-electron chi connectivity index (χ0n) is 23.6. The van der Waals surface area contributed by atoms with E-state index in [1.54, 1.807) is 59.4 Å². The molecule has 5 atom stereocenters. The molecule has 0 aliphatic carbocycles. The van der Waals surface area contributed by atoms with Crippen LogP contribution in [0.5, 0.6) is 0 Å². The van der Waals surface area contributed by atoms with Crippen LogP contribution in [0.2, 0.25) is 0 Å². The normalized spacial score (nSPS) is 22.2. The number of nitrogens with zero attached hydrogens (tertiary/aromatic N) is 4. The van der Waals surface area contributed by atoms with Crippen LogP contribution < -0.4 is 5.73 Å². The molecule has 1 aliphatic rings. The van der Waals surface area contributed by atoms with Crippen molar-refractivity contribution in [3.05, 3.63) is 29.8 Å². The molecule has 40 heavy (non-hydrogen) atoms. The Hall–Kier alpha value is -3.26. The minimum Gasteiger partial charge on any atom is -0.480 e. The van der Waals surface area contributed by atoms with E-state index in [1.807, 2.05) is 12.1 Å². The molecule has 0 aromatic heterocycles. The third kappa shape index (κ3) is 9.15. The summed E-state index contributed by atoms with van der Waals surface area (Å²) in [5.41, 5.74) is 7.31. The van der Waals surface area contributed by atoms with Crippen LogP contribution in [0.25, 0.3) is 0 Å². The number of nitrogens with two attached hydrogens (primary N) is 1. The third-order valence-electron chi connectivity index (χ3n) is 7.93. The van der Waals surface area contributed by atoms with E-state index < -0.39 is 54.1 Å². The minimum atomic E-state index is -1.05. The number of carboxylic acid groups (broad SMARTS) is 4. The largest absolute Gasteiger partial charge is 0.480 e. The third-order valence-corrected chi connectivity index (χ3v) is 7.93. The molecule has 1 aliphatic heterocycles. The van der Waals surface area contributed by atoms with Gasteiger partial charge < -0.3 is 26.2 Å². The summed E-state index contributed by atoms with van der Waals surface area (Å²) in [6, 6.07) is 3.11. The highest BCUT2D eigenvalue weighted by Gasteiger charge is 2.34. The van der Waals surface area contributed by atoms with Crippen LogP contribution in [0.15, 0.2) is 24.3 Å². The number of anilines is 1. The molecule has 1 aromatic rings. The van der Waals surface area contributed by atoms with E-state index in [9.17, 15) is 39.6 Å². The Morgan fingerprint density at radius 2 is 1.05 bits per heavy atom. The van der Waals surface area contributed by atoms with E-state index in [1.165, 1.54) is 0 Å². The summed E-state index contributed by atoms with van der Waals surface area (Å²) in [6.45, 7) is 7.74. The maximum absolute atomic E-state index is 12.2. The van der Waals surface area contributed by atoms with Gasteiger partial charge in [0.1, 0.15) is 24.2 Å². The molecule has 0 radical (unpaired) electrons. The molecule has 13 heteroatoms. The first-order valence-corrected chi connectivity index (χ1v) is 13.5. The monoisotopic (exact) mass is 565 g/mol. The van der Waals surface area contributed by atoms with Gasteiger partial charge in [-0.3, -0.25) is 38.8 Å². The van der Waals surface area contributed by atoms with Crippen LogP contribution in [0, 0.1) is 0 Å². The highest BCUT2D eigenvalue weighted by molar-refractivity contribution is 5.74. The molecular formula is C27H43N5O8. The van der Waals surface area contributed by atoms with E-state index in [2.05, 4.69) is 0 Å². The quantitative estimate of drug-likeness (QED) is 0.244. The predicted molar refractivity (Wildman–Crippen MR) is 148 cm³/mol. The average molecular weight is 566 g/mol. The summed E-state index contributed by atoms with van der Waals surface area (Å²) in [4.78, 5) is 55.0. The maximum atomic E-state index is 12.2. The molecule has 224 valence electrons. The SMILES string of the molecule is C[C@@H](C(=O)O)N1CCN([C@@H](C)C(=O)O)CCN([C@@H](C)C(=O)O)[C@@H](Cc2ccc(N)cc2)CN([C@@H](C)C(=O)O)CC1. The van der Waals surface area contributed by atoms with E-state index in [0.717, 1.165) is 5.56 Å². The van der Waals surface area contributed by atoms with Crippen molar-refractivity contribution in [2.75, 3.05) is 51.5 Å². The second kappa shape index (κ2) is 14.9. The fraction of sp³-hybridized carbons (Fsp3) is 0.630. The van der Waals surface area contributed by atoms with Gasteiger partial charge in [0.2, 0.25) is 0 Å². The average Bonchev–Trinajstić information content (AvgIpc) is 2.89. The van der Waals surface area contributed by atoms with Gasteiger partial charge >= 0.3 is 23.9 Å². The van der Waals surface area contributed by atoms with Gasteiger partial charge in [-0.05, 0) is 51.8 Å². The number of benzene rings is 1. The number of carbonyl (C=O) groups is 4. The summed E-state index contributed by atoms with van der Waals surface area (Å²) in [6.07, 6.45) is 0.393. The molecule has 13 nitrogen and oxygen atoms in total. The van der Waals surface area contributed by atoms with Gasteiger partial charge in [0.25, 0.3) is 0 Å². The van der Waals surface area contributed by atoms with Gasteiger partial charge in [-0.1, -0.05) is 12.1 Å². The molecule has 0 amide bonds. The zero-order chi connectivity index (χ0) is 30.1. The van der Waals surface area contributed by atoms with Crippen molar-refractivity contribution in [3.8, 4) is 0 Å².